The first kappa shape index (κ1) is 8.71. The number of pyridine rings is 1. The maximum Gasteiger partial charge on any atom is 0.408 e. The van der Waals surface area contributed by atoms with E-state index in [4.69, 9.17) is 5.11 Å². The molecular formula is C11H12N2O2. The summed E-state index contributed by atoms with van der Waals surface area (Å²) < 4.78 is 0. The predicted molar refractivity (Wildman–Crippen MR) is 53.6 cm³/mol. The minimum Gasteiger partial charge on any atom is -0.465 e. The lowest BCUT2D eigenvalue weighted by Crippen LogP contribution is -2.40. The van der Waals surface area contributed by atoms with Crippen molar-refractivity contribution in [2.75, 3.05) is 0 Å². The molecule has 2 unspecified atom stereocenters. The number of amides is 1. The predicted octanol–water partition coefficient (Wildman–Crippen LogP) is 1.82. The third-order valence-electron chi connectivity index (χ3n) is 3.48. The first-order valence-electron chi connectivity index (χ1n) is 5.21. The summed E-state index contributed by atoms with van der Waals surface area (Å²) in [4.78, 5) is 16.8. The highest BCUT2D eigenvalue weighted by Crippen LogP contribution is 2.43. The number of nitrogens with zero attached hydrogens (tertiary/aromatic N) is 2. The van der Waals surface area contributed by atoms with Gasteiger partial charge in [0.2, 0.25) is 0 Å². The van der Waals surface area contributed by atoms with Gasteiger partial charge in [-0.1, -0.05) is 0 Å². The van der Waals surface area contributed by atoms with E-state index in [1.807, 2.05) is 12.3 Å². The fourth-order valence-electron chi connectivity index (χ4n) is 2.87. The molecule has 0 saturated carbocycles. The van der Waals surface area contributed by atoms with E-state index in [-0.39, 0.29) is 12.1 Å². The van der Waals surface area contributed by atoms with E-state index in [9.17, 15) is 4.79 Å². The molecule has 4 heteroatoms. The van der Waals surface area contributed by atoms with Crippen LogP contribution in [0.4, 0.5) is 4.79 Å². The average Bonchev–Trinajstić information content (AvgIpc) is 2.55. The van der Waals surface area contributed by atoms with Crippen LogP contribution < -0.4 is 0 Å². The Morgan fingerprint density at radius 3 is 3.20 bits per heavy atom. The summed E-state index contributed by atoms with van der Waals surface area (Å²) in [7, 11) is 0. The van der Waals surface area contributed by atoms with Crippen molar-refractivity contribution in [3.05, 3.63) is 29.6 Å². The zero-order chi connectivity index (χ0) is 10.4. The van der Waals surface area contributed by atoms with Crippen molar-refractivity contribution in [1.29, 1.82) is 0 Å². The molecule has 3 rings (SSSR count). The molecule has 78 valence electrons. The summed E-state index contributed by atoms with van der Waals surface area (Å²) in [5.74, 6) is 0. The van der Waals surface area contributed by atoms with Gasteiger partial charge in [-0.25, -0.2) is 4.79 Å². The molecule has 1 amide bonds. The van der Waals surface area contributed by atoms with Crippen LogP contribution in [-0.2, 0) is 6.42 Å². The molecule has 1 aromatic heterocycles. The average molecular weight is 204 g/mol. The molecule has 2 atom stereocenters. The third kappa shape index (κ3) is 1.14. The largest absolute Gasteiger partial charge is 0.465 e. The normalized spacial score (nSPS) is 27.6. The number of hydrogen-bond acceptors (Lipinski definition) is 2. The molecule has 3 heterocycles. The van der Waals surface area contributed by atoms with Crippen LogP contribution in [0.2, 0.25) is 0 Å². The molecule has 1 aromatic rings. The van der Waals surface area contributed by atoms with Crippen LogP contribution in [0.15, 0.2) is 18.5 Å². The van der Waals surface area contributed by atoms with Crippen molar-refractivity contribution in [1.82, 2.24) is 9.88 Å². The summed E-state index contributed by atoms with van der Waals surface area (Å²) in [6.07, 6.45) is 5.59. The standard InChI is InChI=1S/C11H12N2O2/c14-11(15)13-8-1-2-10(13)9-3-4-12-6-7(9)5-8/h3-4,6,8,10H,1-2,5H2,(H,14,15). The van der Waals surface area contributed by atoms with Crippen molar-refractivity contribution in [3.8, 4) is 0 Å². The molecule has 0 spiro atoms. The highest BCUT2D eigenvalue weighted by Gasteiger charge is 2.42. The Labute approximate surface area is 87.5 Å². The topological polar surface area (TPSA) is 53.4 Å². The number of fused-ring (bicyclic) bond motifs is 4. The Balaban J connectivity index is 2.08. The SMILES string of the molecule is O=C(O)N1C2CCC1c1ccncc1C2. The van der Waals surface area contributed by atoms with Gasteiger partial charge >= 0.3 is 6.09 Å². The van der Waals surface area contributed by atoms with Crippen molar-refractivity contribution in [3.63, 3.8) is 0 Å². The quantitative estimate of drug-likeness (QED) is 0.701. The second kappa shape index (κ2) is 2.95. The van der Waals surface area contributed by atoms with Gasteiger partial charge in [0.1, 0.15) is 0 Å². The monoisotopic (exact) mass is 204 g/mol. The fourth-order valence-corrected chi connectivity index (χ4v) is 2.87. The van der Waals surface area contributed by atoms with E-state index >= 15 is 0 Å². The molecule has 1 N–H and O–H groups in total. The van der Waals surface area contributed by atoms with Crippen molar-refractivity contribution in [2.24, 2.45) is 0 Å². The lowest BCUT2D eigenvalue weighted by Gasteiger charge is -2.33. The Kier molecular flexibility index (Phi) is 1.71. The second-order valence-electron chi connectivity index (χ2n) is 4.22. The highest BCUT2D eigenvalue weighted by atomic mass is 16.4. The molecule has 4 nitrogen and oxygen atoms in total. The van der Waals surface area contributed by atoms with E-state index in [0.717, 1.165) is 24.8 Å². The minimum absolute atomic E-state index is 0.0687. The summed E-state index contributed by atoms with van der Waals surface area (Å²) in [6.45, 7) is 0. The summed E-state index contributed by atoms with van der Waals surface area (Å²) in [6, 6.07) is 2.20. The molecule has 0 radical (unpaired) electrons. The van der Waals surface area contributed by atoms with E-state index in [2.05, 4.69) is 4.98 Å². The molecule has 0 aliphatic carbocycles. The summed E-state index contributed by atoms with van der Waals surface area (Å²) in [5, 5.41) is 9.15. The van der Waals surface area contributed by atoms with Gasteiger partial charge in [-0.2, -0.15) is 0 Å². The van der Waals surface area contributed by atoms with Crippen LogP contribution in [0.1, 0.15) is 30.0 Å². The van der Waals surface area contributed by atoms with Crippen LogP contribution in [0, 0.1) is 0 Å². The second-order valence-corrected chi connectivity index (χ2v) is 4.22. The van der Waals surface area contributed by atoms with Gasteiger partial charge in [-0.05, 0) is 36.5 Å². The number of rotatable bonds is 0. The number of carboxylic acid groups (broad SMARTS) is 1. The van der Waals surface area contributed by atoms with E-state index in [1.165, 1.54) is 5.56 Å². The molecule has 1 saturated heterocycles. The highest BCUT2D eigenvalue weighted by molar-refractivity contribution is 5.67. The van der Waals surface area contributed by atoms with Crippen LogP contribution >= 0.6 is 0 Å². The van der Waals surface area contributed by atoms with Gasteiger partial charge in [0.25, 0.3) is 0 Å². The zero-order valence-corrected chi connectivity index (χ0v) is 8.26. The molecule has 0 aromatic carbocycles. The van der Waals surface area contributed by atoms with Crippen LogP contribution in [0.5, 0.6) is 0 Å². The molecule has 2 aliphatic heterocycles. The van der Waals surface area contributed by atoms with Crippen LogP contribution in [-0.4, -0.2) is 27.1 Å². The van der Waals surface area contributed by atoms with E-state index < -0.39 is 6.09 Å². The lowest BCUT2D eigenvalue weighted by atomic mass is 9.96. The molecule has 2 bridgehead atoms. The maximum absolute atomic E-state index is 11.1. The van der Waals surface area contributed by atoms with E-state index in [0.29, 0.717) is 0 Å². The first-order chi connectivity index (χ1) is 7.27. The minimum atomic E-state index is -0.787. The van der Waals surface area contributed by atoms with Gasteiger partial charge in [0.05, 0.1) is 6.04 Å². The fraction of sp³-hybridized carbons (Fsp3) is 0.455. The van der Waals surface area contributed by atoms with Gasteiger partial charge in [-0.15, -0.1) is 0 Å². The molecule has 15 heavy (non-hydrogen) atoms. The van der Waals surface area contributed by atoms with Crippen molar-refractivity contribution < 1.29 is 9.90 Å². The Bertz CT molecular complexity index is 419. The summed E-state index contributed by atoms with van der Waals surface area (Å²) >= 11 is 0. The van der Waals surface area contributed by atoms with Gasteiger partial charge in [0, 0.05) is 18.4 Å². The Morgan fingerprint density at radius 1 is 1.53 bits per heavy atom. The Hall–Kier alpha value is -1.58. The van der Waals surface area contributed by atoms with E-state index in [1.54, 1.807) is 11.1 Å². The van der Waals surface area contributed by atoms with Crippen LogP contribution in [0.25, 0.3) is 0 Å². The lowest BCUT2D eigenvalue weighted by molar-refractivity contribution is 0.117. The van der Waals surface area contributed by atoms with Crippen molar-refractivity contribution >= 4 is 6.09 Å². The Morgan fingerprint density at radius 2 is 2.40 bits per heavy atom. The first-order valence-corrected chi connectivity index (χ1v) is 5.21. The number of carbonyl (C=O) groups is 1. The third-order valence-corrected chi connectivity index (χ3v) is 3.48. The van der Waals surface area contributed by atoms with Gasteiger partial charge < -0.3 is 5.11 Å². The maximum atomic E-state index is 11.1. The van der Waals surface area contributed by atoms with Gasteiger partial charge in [0.15, 0.2) is 0 Å². The molecule has 2 aliphatic rings. The molecular weight excluding hydrogens is 192 g/mol. The van der Waals surface area contributed by atoms with Gasteiger partial charge in [-0.3, -0.25) is 9.88 Å². The van der Waals surface area contributed by atoms with Crippen LogP contribution in [0.3, 0.4) is 0 Å². The number of hydrogen-bond donors (Lipinski definition) is 1. The summed E-state index contributed by atoms with van der Waals surface area (Å²) in [5.41, 5.74) is 2.38. The number of aromatic nitrogens is 1. The zero-order valence-electron chi connectivity index (χ0n) is 8.26. The smallest absolute Gasteiger partial charge is 0.408 e. The molecule has 1 fully saturated rings. The van der Waals surface area contributed by atoms with Crippen molar-refractivity contribution in [2.45, 2.75) is 31.3 Å².